The monoisotopic (exact) mass is 637 g/mol. The molecule has 0 spiro atoms. The first kappa shape index (κ1) is 30.4. The maximum absolute atomic E-state index is 14.3. The van der Waals surface area contributed by atoms with Crippen LogP contribution in [0, 0.1) is 0 Å². The molecule has 228 valence electrons. The fraction of sp³-hybridized carbons (Fsp3) is 0.200. The van der Waals surface area contributed by atoms with E-state index >= 15 is 0 Å². The average Bonchev–Trinajstić information content (AvgIpc) is 3.56. The molecular weight excluding hydrogens is 607 g/mol. The average molecular weight is 638 g/mol. The number of rotatable bonds is 9. The highest BCUT2D eigenvalue weighted by atomic mass is 32.2. The number of esters is 2. The molecule has 0 aliphatic carbocycles. The number of thioether (sulfide) groups is 1. The lowest BCUT2D eigenvalue weighted by Crippen LogP contribution is -2.40. The third kappa shape index (κ3) is 5.91. The highest BCUT2D eigenvalue weighted by Crippen LogP contribution is 2.35. The van der Waals surface area contributed by atoms with Crippen LogP contribution in [0.2, 0.25) is 0 Å². The maximum Gasteiger partial charge on any atom is 0.338 e. The molecule has 0 fully saturated rings. The van der Waals surface area contributed by atoms with Gasteiger partial charge in [-0.15, -0.1) is 11.8 Å². The number of thiazole rings is 1. The van der Waals surface area contributed by atoms with Crippen LogP contribution < -0.4 is 14.9 Å². The molecule has 10 heteroatoms. The molecule has 3 heterocycles. The molecule has 0 saturated heterocycles. The van der Waals surface area contributed by atoms with Crippen molar-refractivity contribution in [2.24, 2.45) is 4.99 Å². The molecule has 0 N–H and O–H groups in total. The summed E-state index contributed by atoms with van der Waals surface area (Å²) in [4.78, 5) is 46.8. The summed E-state index contributed by atoms with van der Waals surface area (Å²) in [6.07, 6.45) is 5.69. The van der Waals surface area contributed by atoms with Gasteiger partial charge in [-0.05, 0) is 49.9 Å². The van der Waals surface area contributed by atoms with E-state index in [1.165, 1.54) is 11.3 Å². The SMILES string of the molecule is CCOC(=O)Cn1cc(/C=c2/sc3n(c2=O)[C@@H](c2ccc(SC)cc2)C(C(=O)OCC)=C(c2ccccc2)N=3)c2ccccc21. The third-order valence-corrected chi connectivity index (χ3v) is 9.24. The summed E-state index contributed by atoms with van der Waals surface area (Å²) in [5.41, 5.74) is 3.69. The van der Waals surface area contributed by atoms with Crippen molar-refractivity contribution in [3.8, 4) is 0 Å². The molecule has 0 radical (unpaired) electrons. The summed E-state index contributed by atoms with van der Waals surface area (Å²) in [7, 11) is 0. The first-order chi connectivity index (χ1) is 21.9. The van der Waals surface area contributed by atoms with Crippen LogP contribution in [0.4, 0.5) is 0 Å². The number of fused-ring (bicyclic) bond motifs is 2. The topological polar surface area (TPSA) is 91.9 Å². The maximum atomic E-state index is 14.3. The first-order valence-corrected chi connectivity index (χ1v) is 16.6. The summed E-state index contributed by atoms with van der Waals surface area (Å²) < 4.78 is 14.6. The Kier molecular flexibility index (Phi) is 8.86. The minimum absolute atomic E-state index is 0.0544. The molecule has 3 aromatic carbocycles. The highest BCUT2D eigenvalue weighted by molar-refractivity contribution is 7.98. The van der Waals surface area contributed by atoms with Crippen LogP contribution in [0.1, 0.15) is 36.6 Å². The molecule has 0 amide bonds. The van der Waals surface area contributed by atoms with Gasteiger partial charge in [-0.1, -0.05) is 72.0 Å². The normalized spacial score (nSPS) is 14.7. The smallest absolute Gasteiger partial charge is 0.338 e. The van der Waals surface area contributed by atoms with Gasteiger partial charge in [0.2, 0.25) is 0 Å². The minimum Gasteiger partial charge on any atom is -0.465 e. The zero-order chi connectivity index (χ0) is 31.5. The van der Waals surface area contributed by atoms with Gasteiger partial charge in [-0.25, -0.2) is 9.79 Å². The van der Waals surface area contributed by atoms with E-state index in [-0.39, 0.29) is 24.7 Å². The molecule has 2 aromatic heterocycles. The number of ether oxygens (including phenoxy) is 2. The number of benzene rings is 3. The number of hydrogen-bond donors (Lipinski definition) is 0. The second-order valence-electron chi connectivity index (χ2n) is 10.2. The molecule has 0 saturated carbocycles. The van der Waals surface area contributed by atoms with E-state index in [0.29, 0.717) is 27.2 Å². The molecule has 1 aliphatic heterocycles. The lowest BCUT2D eigenvalue weighted by Gasteiger charge is -2.26. The summed E-state index contributed by atoms with van der Waals surface area (Å²) >= 11 is 2.88. The summed E-state index contributed by atoms with van der Waals surface area (Å²) in [5.74, 6) is -0.855. The van der Waals surface area contributed by atoms with Gasteiger partial charge in [0.25, 0.3) is 5.56 Å². The number of hydrogen-bond acceptors (Lipinski definition) is 8. The van der Waals surface area contributed by atoms with Crippen molar-refractivity contribution in [3.05, 3.63) is 127 Å². The Hall–Kier alpha value is -4.67. The standard InChI is InChI=1S/C35H31N3O5S2/c1-4-42-29(39)21-37-20-24(26-13-9-10-14-27(26)37)19-28-33(40)38-32(23-15-17-25(44-3)18-16-23)30(34(41)43-5-2)31(36-35(38)45-28)22-11-7-6-8-12-22/h6-20,32H,4-5,21H2,1-3H3/b28-19+/t32-/m0/s1. The van der Waals surface area contributed by atoms with Crippen LogP contribution in [0.15, 0.2) is 105 Å². The number of para-hydroxylation sites is 1. The van der Waals surface area contributed by atoms with E-state index in [0.717, 1.165) is 32.5 Å². The third-order valence-electron chi connectivity index (χ3n) is 7.52. The second-order valence-corrected chi connectivity index (χ2v) is 12.1. The van der Waals surface area contributed by atoms with E-state index < -0.39 is 12.0 Å². The summed E-state index contributed by atoms with van der Waals surface area (Å²) in [5, 5.41) is 0.897. The quantitative estimate of drug-likeness (QED) is 0.164. The van der Waals surface area contributed by atoms with Crippen molar-refractivity contribution in [2.75, 3.05) is 19.5 Å². The summed E-state index contributed by atoms with van der Waals surface area (Å²) in [6, 6.07) is 24.3. The minimum atomic E-state index is -0.751. The van der Waals surface area contributed by atoms with E-state index in [1.54, 1.807) is 30.2 Å². The Morgan fingerprint density at radius 1 is 0.956 bits per heavy atom. The first-order valence-electron chi connectivity index (χ1n) is 14.6. The number of carbonyl (C=O) groups excluding carboxylic acids is 2. The van der Waals surface area contributed by atoms with Crippen LogP contribution in [0.25, 0.3) is 22.7 Å². The van der Waals surface area contributed by atoms with Crippen LogP contribution in [0.3, 0.4) is 0 Å². The van der Waals surface area contributed by atoms with E-state index in [2.05, 4.69) is 0 Å². The Labute approximate surface area is 267 Å². The predicted octanol–water partition coefficient (Wildman–Crippen LogP) is 5.18. The highest BCUT2D eigenvalue weighted by Gasteiger charge is 2.35. The van der Waals surface area contributed by atoms with Crippen molar-refractivity contribution in [1.82, 2.24) is 9.13 Å². The Bertz CT molecular complexity index is 2110. The van der Waals surface area contributed by atoms with Crippen molar-refractivity contribution in [3.63, 3.8) is 0 Å². The Balaban J connectivity index is 1.59. The predicted molar refractivity (Wildman–Crippen MR) is 178 cm³/mol. The molecule has 5 aromatic rings. The van der Waals surface area contributed by atoms with Gasteiger partial charge in [0.1, 0.15) is 6.54 Å². The van der Waals surface area contributed by atoms with Crippen molar-refractivity contribution >= 4 is 57.7 Å². The van der Waals surface area contributed by atoms with Gasteiger partial charge in [0.15, 0.2) is 4.80 Å². The molecular formula is C35H31N3O5S2. The van der Waals surface area contributed by atoms with Crippen molar-refractivity contribution < 1.29 is 19.1 Å². The number of carbonyl (C=O) groups is 2. The molecule has 45 heavy (non-hydrogen) atoms. The van der Waals surface area contributed by atoms with Crippen LogP contribution in [-0.2, 0) is 25.6 Å². The largest absolute Gasteiger partial charge is 0.465 e. The van der Waals surface area contributed by atoms with Gasteiger partial charge < -0.3 is 14.0 Å². The van der Waals surface area contributed by atoms with Gasteiger partial charge >= 0.3 is 11.9 Å². The molecule has 8 nitrogen and oxygen atoms in total. The lowest BCUT2D eigenvalue weighted by molar-refractivity contribution is -0.143. The van der Waals surface area contributed by atoms with Gasteiger partial charge in [0.05, 0.1) is 35.1 Å². The Morgan fingerprint density at radius 3 is 2.38 bits per heavy atom. The van der Waals surface area contributed by atoms with Gasteiger partial charge in [-0.2, -0.15) is 0 Å². The van der Waals surface area contributed by atoms with Crippen molar-refractivity contribution in [2.45, 2.75) is 31.3 Å². The van der Waals surface area contributed by atoms with Gasteiger partial charge in [0, 0.05) is 33.1 Å². The second kappa shape index (κ2) is 13.1. The molecule has 1 atom stereocenters. The van der Waals surface area contributed by atoms with E-state index in [4.69, 9.17) is 14.5 Å². The van der Waals surface area contributed by atoms with Gasteiger partial charge in [-0.3, -0.25) is 14.2 Å². The van der Waals surface area contributed by atoms with Crippen LogP contribution in [-0.4, -0.2) is 40.5 Å². The molecule has 1 aliphatic rings. The number of aromatic nitrogens is 2. The summed E-state index contributed by atoms with van der Waals surface area (Å²) in [6.45, 7) is 4.07. The molecule has 6 rings (SSSR count). The zero-order valence-electron chi connectivity index (χ0n) is 25.1. The zero-order valence-corrected chi connectivity index (χ0v) is 26.7. The number of nitrogens with zero attached hydrogens (tertiary/aromatic N) is 3. The van der Waals surface area contributed by atoms with E-state index in [1.807, 2.05) is 102 Å². The molecule has 0 unspecified atom stereocenters. The van der Waals surface area contributed by atoms with Crippen molar-refractivity contribution in [1.29, 1.82) is 0 Å². The fourth-order valence-corrected chi connectivity index (χ4v) is 6.95. The van der Waals surface area contributed by atoms with Crippen LogP contribution in [0.5, 0.6) is 0 Å². The van der Waals surface area contributed by atoms with E-state index in [9.17, 15) is 14.4 Å². The Morgan fingerprint density at radius 2 is 1.67 bits per heavy atom. The lowest BCUT2D eigenvalue weighted by atomic mass is 9.93. The van der Waals surface area contributed by atoms with Crippen LogP contribution >= 0.6 is 23.1 Å². The fourth-order valence-electron chi connectivity index (χ4n) is 5.55. The molecule has 0 bridgehead atoms.